The molecule has 0 aromatic carbocycles. The minimum Gasteiger partial charge on any atom is -0.480 e. The summed E-state index contributed by atoms with van der Waals surface area (Å²) in [4.78, 5) is 15.0. The van der Waals surface area contributed by atoms with Crippen LogP contribution in [-0.4, -0.2) is 31.4 Å². The van der Waals surface area contributed by atoms with E-state index >= 15 is 0 Å². The highest BCUT2D eigenvalue weighted by Gasteiger charge is 2.26. The molecule has 1 heterocycles. The van der Waals surface area contributed by atoms with Crippen LogP contribution in [0.3, 0.4) is 0 Å². The molecular formula is C10H18N4O2. The maximum atomic E-state index is 10.9. The summed E-state index contributed by atoms with van der Waals surface area (Å²) < 4.78 is 1.78. The molecule has 0 spiro atoms. The molecule has 0 saturated heterocycles. The first-order chi connectivity index (χ1) is 7.47. The molecule has 1 rings (SSSR count). The van der Waals surface area contributed by atoms with Gasteiger partial charge in [-0.3, -0.25) is 10.1 Å². The number of carbonyl (C=O) groups is 1. The summed E-state index contributed by atoms with van der Waals surface area (Å²) in [7, 11) is 0. The minimum atomic E-state index is -0.955. The van der Waals surface area contributed by atoms with E-state index in [2.05, 4.69) is 22.3 Å². The second-order valence-corrected chi connectivity index (χ2v) is 4.18. The standard InChI is InChI=1S/C10H18N4O2/c1-4-5-14-8(11-7-13-14)6-12-10(2,3)9(15)16/h7,12H,4-6H2,1-3H3,(H,15,16). The third-order valence-electron chi connectivity index (χ3n) is 2.35. The molecule has 6 heteroatoms. The Balaban J connectivity index is 2.60. The number of carboxylic acids is 1. The zero-order chi connectivity index (χ0) is 12.2. The Bertz CT molecular complexity index is 359. The van der Waals surface area contributed by atoms with Gasteiger partial charge in [0.15, 0.2) is 0 Å². The van der Waals surface area contributed by atoms with Gasteiger partial charge in [-0.25, -0.2) is 9.67 Å². The molecule has 6 nitrogen and oxygen atoms in total. The predicted molar refractivity (Wildman–Crippen MR) is 58.9 cm³/mol. The number of aromatic nitrogens is 3. The van der Waals surface area contributed by atoms with Crippen molar-refractivity contribution in [1.29, 1.82) is 0 Å². The van der Waals surface area contributed by atoms with Gasteiger partial charge in [-0.2, -0.15) is 5.10 Å². The number of aliphatic carboxylic acids is 1. The lowest BCUT2D eigenvalue weighted by Gasteiger charge is -2.20. The Hall–Kier alpha value is -1.43. The van der Waals surface area contributed by atoms with E-state index in [4.69, 9.17) is 5.11 Å². The fraction of sp³-hybridized carbons (Fsp3) is 0.700. The lowest BCUT2D eigenvalue weighted by atomic mass is 10.1. The summed E-state index contributed by atoms with van der Waals surface area (Å²) in [5.74, 6) is -0.120. The largest absolute Gasteiger partial charge is 0.480 e. The number of nitrogens with one attached hydrogen (secondary N) is 1. The van der Waals surface area contributed by atoms with Crippen LogP contribution in [0, 0.1) is 0 Å². The normalized spacial score (nSPS) is 11.7. The lowest BCUT2D eigenvalue weighted by Crippen LogP contribution is -2.46. The van der Waals surface area contributed by atoms with Crippen LogP contribution in [0.1, 0.15) is 33.0 Å². The number of nitrogens with zero attached hydrogens (tertiary/aromatic N) is 3. The number of hydrogen-bond acceptors (Lipinski definition) is 4. The maximum absolute atomic E-state index is 10.9. The fourth-order valence-electron chi connectivity index (χ4n) is 1.20. The molecule has 1 aromatic rings. The second-order valence-electron chi connectivity index (χ2n) is 4.18. The van der Waals surface area contributed by atoms with Gasteiger partial charge in [-0.1, -0.05) is 6.92 Å². The topological polar surface area (TPSA) is 80.0 Å². The molecule has 90 valence electrons. The Morgan fingerprint density at radius 2 is 2.31 bits per heavy atom. The van der Waals surface area contributed by atoms with Crippen molar-refractivity contribution in [1.82, 2.24) is 20.1 Å². The summed E-state index contributed by atoms with van der Waals surface area (Å²) in [5.41, 5.74) is -0.955. The van der Waals surface area contributed by atoms with Gasteiger partial charge in [0, 0.05) is 6.54 Å². The van der Waals surface area contributed by atoms with Gasteiger partial charge < -0.3 is 5.11 Å². The summed E-state index contributed by atoms with van der Waals surface area (Å²) in [6, 6.07) is 0. The van der Waals surface area contributed by atoms with Crippen LogP contribution in [0.2, 0.25) is 0 Å². The van der Waals surface area contributed by atoms with Gasteiger partial charge in [0.05, 0.1) is 6.54 Å². The van der Waals surface area contributed by atoms with Crippen molar-refractivity contribution in [3.63, 3.8) is 0 Å². The Labute approximate surface area is 94.7 Å². The van der Waals surface area contributed by atoms with E-state index < -0.39 is 11.5 Å². The van der Waals surface area contributed by atoms with E-state index in [1.165, 1.54) is 6.33 Å². The number of rotatable bonds is 6. The number of aryl methyl sites for hydroxylation is 1. The molecule has 0 aliphatic carbocycles. The Morgan fingerprint density at radius 3 is 2.88 bits per heavy atom. The third kappa shape index (κ3) is 3.03. The van der Waals surface area contributed by atoms with E-state index in [-0.39, 0.29) is 0 Å². The molecule has 0 bridgehead atoms. The van der Waals surface area contributed by atoms with Crippen LogP contribution in [-0.2, 0) is 17.9 Å². The summed E-state index contributed by atoms with van der Waals surface area (Å²) in [6.07, 6.45) is 2.46. The quantitative estimate of drug-likeness (QED) is 0.744. The highest BCUT2D eigenvalue weighted by molar-refractivity contribution is 5.77. The van der Waals surface area contributed by atoms with Crippen molar-refractivity contribution < 1.29 is 9.90 Å². The van der Waals surface area contributed by atoms with Crippen LogP contribution < -0.4 is 5.32 Å². The van der Waals surface area contributed by atoms with Crippen LogP contribution >= 0.6 is 0 Å². The van der Waals surface area contributed by atoms with Crippen molar-refractivity contribution >= 4 is 5.97 Å². The summed E-state index contributed by atoms with van der Waals surface area (Å²) in [5, 5.41) is 15.9. The SMILES string of the molecule is CCCn1ncnc1CNC(C)(C)C(=O)O. The van der Waals surface area contributed by atoms with E-state index in [9.17, 15) is 4.79 Å². The van der Waals surface area contributed by atoms with E-state index in [1.807, 2.05) is 0 Å². The van der Waals surface area contributed by atoms with Crippen LogP contribution in [0.25, 0.3) is 0 Å². The van der Waals surface area contributed by atoms with Crippen molar-refractivity contribution in [2.45, 2.75) is 45.8 Å². The van der Waals surface area contributed by atoms with Crippen LogP contribution in [0.4, 0.5) is 0 Å². The molecule has 0 atom stereocenters. The molecular weight excluding hydrogens is 208 g/mol. The fourth-order valence-corrected chi connectivity index (χ4v) is 1.20. The molecule has 0 unspecified atom stereocenters. The first-order valence-electron chi connectivity index (χ1n) is 5.32. The molecule has 16 heavy (non-hydrogen) atoms. The summed E-state index contributed by atoms with van der Waals surface area (Å²) >= 11 is 0. The smallest absolute Gasteiger partial charge is 0.323 e. The molecule has 1 aromatic heterocycles. The first-order valence-corrected chi connectivity index (χ1v) is 5.32. The predicted octanol–water partition coefficient (Wildman–Crippen LogP) is 0.641. The van der Waals surface area contributed by atoms with Crippen molar-refractivity contribution in [3.05, 3.63) is 12.2 Å². The highest BCUT2D eigenvalue weighted by Crippen LogP contribution is 2.04. The molecule has 0 saturated carbocycles. The zero-order valence-electron chi connectivity index (χ0n) is 9.90. The van der Waals surface area contributed by atoms with Crippen molar-refractivity contribution in [3.8, 4) is 0 Å². The Morgan fingerprint density at radius 1 is 1.62 bits per heavy atom. The van der Waals surface area contributed by atoms with Crippen molar-refractivity contribution in [2.75, 3.05) is 0 Å². The highest BCUT2D eigenvalue weighted by atomic mass is 16.4. The van der Waals surface area contributed by atoms with Gasteiger partial charge in [-0.15, -0.1) is 0 Å². The van der Waals surface area contributed by atoms with E-state index in [0.717, 1.165) is 18.8 Å². The average molecular weight is 226 g/mol. The van der Waals surface area contributed by atoms with E-state index in [0.29, 0.717) is 6.54 Å². The van der Waals surface area contributed by atoms with Gasteiger partial charge in [0.25, 0.3) is 0 Å². The van der Waals surface area contributed by atoms with Crippen LogP contribution in [0.15, 0.2) is 6.33 Å². The van der Waals surface area contributed by atoms with Gasteiger partial charge in [0.2, 0.25) is 0 Å². The van der Waals surface area contributed by atoms with Gasteiger partial charge in [0.1, 0.15) is 17.7 Å². The first kappa shape index (κ1) is 12.6. The van der Waals surface area contributed by atoms with Crippen LogP contribution in [0.5, 0.6) is 0 Å². The third-order valence-corrected chi connectivity index (χ3v) is 2.35. The molecule has 0 amide bonds. The average Bonchev–Trinajstić information content (AvgIpc) is 2.63. The Kier molecular flexibility index (Phi) is 4.00. The van der Waals surface area contributed by atoms with Gasteiger partial charge >= 0.3 is 5.97 Å². The maximum Gasteiger partial charge on any atom is 0.323 e. The van der Waals surface area contributed by atoms with Gasteiger partial charge in [-0.05, 0) is 20.3 Å². The molecule has 0 fully saturated rings. The zero-order valence-corrected chi connectivity index (χ0v) is 9.90. The number of carboxylic acid groups (broad SMARTS) is 1. The second kappa shape index (κ2) is 5.07. The lowest BCUT2D eigenvalue weighted by molar-refractivity contribution is -0.143. The molecule has 0 aliphatic heterocycles. The van der Waals surface area contributed by atoms with Crippen molar-refractivity contribution in [2.24, 2.45) is 0 Å². The summed E-state index contributed by atoms with van der Waals surface area (Å²) in [6.45, 7) is 6.50. The number of hydrogen-bond donors (Lipinski definition) is 2. The van der Waals surface area contributed by atoms with E-state index in [1.54, 1.807) is 18.5 Å². The molecule has 0 aliphatic rings. The molecule has 0 radical (unpaired) electrons. The molecule has 2 N–H and O–H groups in total. The minimum absolute atomic E-state index is 0.402. The monoisotopic (exact) mass is 226 g/mol.